The molecule has 0 aliphatic heterocycles. The largest absolute Gasteiger partial charge is 0.320 e. The number of aromatic nitrogens is 3. The lowest BCUT2D eigenvalue weighted by Crippen LogP contribution is -2.15. The van der Waals surface area contributed by atoms with E-state index in [1.54, 1.807) is 42.8 Å². The maximum atomic E-state index is 13.9. The van der Waals surface area contributed by atoms with Crippen molar-refractivity contribution in [2.75, 3.05) is 11.1 Å². The number of anilines is 1. The summed E-state index contributed by atoms with van der Waals surface area (Å²) in [7, 11) is 1.67. The van der Waals surface area contributed by atoms with Crippen LogP contribution in [0.1, 0.15) is 5.56 Å². The molecule has 144 valence electrons. The van der Waals surface area contributed by atoms with Crippen LogP contribution >= 0.6 is 11.8 Å². The van der Waals surface area contributed by atoms with E-state index < -0.39 is 16.6 Å². The van der Waals surface area contributed by atoms with Crippen molar-refractivity contribution in [3.63, 3.8) is 0 Å². The molecule has 0 saturated carbocycles. The summed E-state index contributed by atoms with van der Waals surface area (Å²) in [5, 5.41) is 22.1. The smallest absolute Gasteiger partial charge is 0.293 e. The lowest BCUT2D eigenvalue weighted by atomic mass is 10.2. The maximum Gasteiger partial charge on any atom is 0.293 e. The molecule has 1 N–H and O–H groups in total. The van der Waals surface area contributed by atoms with Crippen LogP contribution in [0.2, 0.25) is 0 Å². The number of benzene rings is 2. The number of nitrogens with one attached hydrogen (secondary N) is 1. The molecule has 0 spiro atoms. The van der Waals surface area contributed by atoms with Crippen molar-refractivity contribution >= 4 is 29.0 Å². The van der Waals surface area contributed by atoms with E-state index in [4.69, 9.17) is 0 Å². The van der Waals surface area contributed by atoms with Gasteiger partial charge in [-0.3, -0.25) is 14.9 Å². The van der Waals surface area contributed by atoms with Crippen LogP contribution in [0.25, 0.3) is 11.4 Å². The van der Waals surface area contributed by atoms with Crippen molar-refractivity contribution in [2.24, 2.45) is 7.05 Å². The minimum absolute atomic E-state index is 0.0335. The average Bonchev–Trinajstić information content (AvgIpc) is 3.02. The first kappa shape index (κ1) is 19.5. The second kappa shape index (κ2) is 8.17. The molecule has 1 amide bonds. The second-order valence-corrected chi connectivity index (χ2v) is 6.90. The van der Waals surface area contributed by atoms with Gasteiger partial charge in [-0.2, -0.15) is 0 Å². The Kier molecular flexibility index (Phi) is 5.69. The van der Waals surface area contributed by atoms with Crippen LogP contribution in [0.15, 0.2) is 47.6 Å². The molecule has 0 aliphatic carbocycles. The summed E-state index contributed by atoms with van der Waals surface area (Å²) in [5.41, 5.74) is 0.993. The highest BCUT2D eigenvalue weighted by atomic mass is 32.2. The number of nitro benzene ring substituents is 1. The van der Waals surface area contributed by atoms with Gasteiger partial charge >= 0.3 is 0 Å². The Morgan fingerprint density at radius 1 is 1.29 bits per heavy atom. The molecule has 1 heterocycles. The van der Waals surface area contributed by atoms with Gasteiger partial charge in [0.25, 0.3) is 5.69 Å². The molecule has 0 fully saturated rings. The van der Waals surface area contributed by atoms with Crippen LogP contribution in [0.4, 0.5) is 15.8 Å². The number of hydrogen-bond donors (Lipinski definition) is 1. The van der Waals surface area contributed by atoms with Crippen LogP contribution in [-0.2, 0) is 11.8 Å². The predicted molar refractivity (Wildman–Crippen MR) is 104 cm³/mol. The van der Waals surface area contributed by atoms with E-state index in [0.717, 1.165) is 17.3 Å². The van der Waals surface area contributed by atoms with Gasteiger partial charge in [0.2, 0.25) is 5.91 Å². The Balaban J connectivity index is 1.70. The normalized spacial score (nSPS) is 10.7. The molecular weight excluding hydrogens is 385 g/mol. The highest BCUT2D eigenvalue weighted by Crippen LogP contribution is 2.27. The monoisotopic (exact) mass is 401 g/mol. The number of nitro groups is 1. The van der Waals surface area contributed by atoms with Crippen LogP contribution < -0.4 is 5.32 Å². The maximum absolute atomic E-state index is 13.9. The molecule has 3 rings (SSSR count). The highest BCUT2D eigenvalue weighted by molar-refractivity contribution is 7.99. The number of amides is 1. The molecule has 0 radical (unpaired) electrons. The minimum Gasteiger partial charge on any atom is -0.320 e. The molecule has 1 aromatic heterocycles. The topological polar surface area (TPSA) is 103 Å². The summed E-state index contributed by atoms with van der Waals surface area (Å²) >= 11 is 1.10. The van der Waals surface area contributed by atoms with Crippen molar-refractivity contribution in [3.05, 3.63) is 64.0 Å². The van der Waals surface area contributed by atoms with Crippen molar-refractivity contribution in [1.82, 2.24) is 14.8 Å². The highest BCUT2D eigenvalue weighted by Gasteiger charge is 2.18. The first-order valence-corrected chi connectivity index (χ1v) is 9.17. The van der Waals surface area contributed by atoms with Gasteiger partial charge in [-0.15, -0.1) is 10.2 Å². The van der Waals surface area contributed by atoms with E-state index in [2.05, 4.69) is 15.5 Å². The Morgan fingerprint density at radius 2 is 2.04 bits per heavy atom. The molecule has 0 bridgehead atoms. The summed E-state index contributed by atoms with van der Waals surface area (Å²) < 4.78 is 15.5. The molecule has 3 aromatic rings. The fourth-order valence-corrected chi connectivity index (χ4v) is 3.24. The zero-order valence-corrected chi connectivity index (χ0v) is 15.9. The van der Waals surface area contributed by atoms with Crippen LogP contribution in [0, 0.1) is 22.9 Å². The minimum atomic E-state index is -0.543. The number of thioether (sulfide) groups is 1. The summed E-state index contributed by atoms with van der Waals surface area (Å²) in [6, 6.07) is 10.8. The summed E-state index contributed by atoms with van der Waals surface area (Å²) in [6.07, 6.45) is 0. The predicted octanol–water partition coefficient (Wildman–Crippen LogP) is 3.57. The molecule has 10 heteroatoms. The third kappa shape index (κ3) is 4.17. The summed E-state index contributed by atoms with van der Waals surface area (Å²) in [4.78, 5) is 22.8. The molecule has 28 heavy (non-hydrogen) atoms. The van der Waals surface area contributed by atoms with Gasteiger partial charge in [-0.1, -0.05) is 30.0 Å². The van der Waals surface area contributed by atoms with Gasteiger partial charge in [0, 0.05) is 13.1 Å². The molecule has 8 nitrogen and oxygen atoms in total. The number of carbonyl (C=O) groups is 1. The van der Waals surface area contributed by atoms with E-state index >= 15 is 0 Å². The van der Waals surface area contributed by atoms with Crippen LogP contribution in [0.5, 0.6) is 0 Å². The zero-order chi connectivity index (χ0) is 20.3. The molecule has 2 aromatic carbocycles. The average molecular weight is 401 g/mol. The number of halogens is 1. The number of hydrogen-bond acceptors (Lipinski definition) is 6. The van der Waals surface area contributed by atoms with Crippen molar-refractivity contribution in [3.8, 4) is 11.4 Å². The van der Waals surface area contributed by atoms with Crippen LogP contribution in [-0.4, -0.2) is 31.3 Å². The van der Waals surface area contributed by atoms with Crippen molar-refractivity contribution in [1.29, 1.82) is 0 Å². The van der Waals surface area contributed by atoms with Crippen molar-refractivity contribution in [2.45, 2.75) is 12.1 Å². The molecular formula is C18H16FN5O3S. The van der Waals surface area contributed by atoms with E-state index in [-0.39, 0.29) is 17.1 Å². The molecule has 0 saturated heterocycles. The Morgan fingerprint density at radius 3 is 2.75 bits per heavy atom. The third-order valence-electron chi connectivity index (χ3n) is 3.91. The van der Waals surface area contributed by atoms with E-state index in [9.17, 15) is 19.3 Å². The first-order chi connectivity index (χ1) is 13.4. The van der Waals surface area contributed by atoms with Gasteiger partial charge < -0.3 is 9.88 Å². The number of nitrogens with zero attached hydrogens (tertiary/aromatic N) is 4. The molecule has 0 unspecified atom stereocenters. The van der Waals surface area contributed by atoms with Gasteiger partial charge in [-0.25, -0.2) is 4.39 Å². The molecule has 0 atom stereocenters. The Hall–Kier alpha value is -3.27. The summed E-state index contributed by atoms with van der Waals surface area (Å²) in [6.45, 7) is 1.73. The Labute approximate surface area is 163 Å². The fraction of sp³-hybridized carbons (Fsp3) is 0.167. The number of aryl methyl sites for hydroxylation is 1. The number of carbonyl (C=O) groups excluding carboxylic acids is 1. The van der Waals surface area contributed by atoms with Gasteiger partial charge in [0.15, 0.2) is 11.0 Å². The zero-order valence-electron chi connectivity index (χ0n) is 15.0. The second-order valence-electron chi connectivity index (χ2n) is 5.96. The van der Waals surface area contributed by atoms with Gasteiger partial charge in [-0.05, 0) is 30.7 Å². The quantitative estimate of drug-likeness (QED) is 0.385. The fourth-order valence-electron chi connectivity index (χ4n) is 2.53. The SMILES string of the molecule is Cc1ccc(NC(=O)CSc2nnc(-c3ccccc3F)n2C)c([N+](=O)[O-])c1. The lowest BCUT2D eigenvalue weighted by molar-refractivity contribution is -0.384. The molecule has 0 aliphatic rings. The summed E-state index contributed by atoms with van der Waals surface area (Å²) in [5.74, 6) is -0.532. The van der Waals surface area contributed by atoms with E-state index in [1.807, 2.05) is 0 Å². The first-order valence-electron chi connectivity index (χ1n) is 8.19. The van der Waals surface area contributed by atoms with Gasteiger partial charge in [0.05, 0.1) is 16.2 Å². The van der Waals surface area contributed by atoms with E-state index in [0.29, 0.717) is 16.5 Å². The van der Waals surface area contributed by atoms with Gasteiger partial charge in [0.1, 0.15) is 11.5 Å². The third-order valence-corrected chi connectivity index (χ3v) is 4.93. The van der Waals surface area contributed by atoms with E-state index in [1.165, 1.54) is 18.2 Å². The standard InChI is InChI=1S/C18H16FN5O3S/c1-11-7-8-14(15(9-11)24(26)27)20-16(25)10-28-18-22-21-17(23(18)2)12-5-3-4-6-13(12)19/h3-9H,10H2,1-2H3,(H,20,25). The number of rotatable bonds is 6. The van der Waals surface area contributed by atoms with Crippen molar-refractivity contribution < 1.29 is 14.1 Å². The Bertz CT molecular complexity index is 1050. The van der Waals surface area contributed by atoms with Crippen LogP contribution in [0.3, 0.4) is 0 Å². The lowest BCUT2D eigenvalue weighted by Gasteiger charge is -2.07.